The van der Waals surface area contributed by atoms with Crippen LogP contribution in [0, 0.1) is 5.92 Å². The van der Waals surface area contributed by atoms with E-state index in [1.807, 2.05) is 32.0 Å². The van der Waals surface area contributed by atoms with Gasteiger partial charge in [0.15, 0.2) is 0 Å². The van der Waals surface area contributed by atoms with Gasteiger partial charge in [0.05, 0.1) is 5.75 Å². The third-order valence-corrected chi connectivity index (χ3v) is 5.89. The van der Waals surface area contributed by atoms with Crippen LogP contribution in [0.4, 0.5) is 0 Å². The first-order valence-corrected chi connectivity index (χ1v) is 9.80. The smallest absolute Gasteiger partial charge is 0.220 e. The van der Waals surface area contributed by atoms with E-state index in [0.717, 1.165) is 12.0 Å². The molecular formula is C17H26N2O3S. The Hall–Kier alpha value is -1.40. The highest BCUT2D eigenvalue weighted by Gasteiger charge is 2.25. The van der Waals surface area contributed by atoms with Crippen molar-refractivity contribution in [2.24, 2.45) is 5.92 Å². The van der Waals surface area contributed by atoms with Crippen LogP contribution in [0.15, 0.2) is 24.3 Å². The van der Waals surface area contributed by atoms with E-state index in [-0.39, 0.29) is 11.7 Å². The summed E-state index contributed by atoms with van der Waals surface area (Å²) in [6.45, 7) is 5.38. The van der Waals surface area contributed by atoms with Crippen LogP contribution in [0.2, 0.25) is 0 Å². The van der Waals surface area contributed by atoms with E-state index in [0.29, 0.717) is 38.4 Å². The quantitative estimate of drug-likeness (QED) is 0.773. The minimum Gasteiger partial charge on any atom is -0.356 e. The Balaban J connectivity index is 1.80. The maximum atomic E-state index is 12.4. The summed E-state index contributed by atoms with van der Waals surface area (Å²) in [6.07, 6.45) is 1.69. The highest BCUT2D eigenvalue weighted by atomic mass is 32.2. The van der Waals surface area contributed by atoms with Crippen LogP contribution in [0.5, 0.6) is 0 Å². The van der Waals surface area contributed by atoms with Gasteiger partial charge in [-0.05, 0) is 29.9 Å². The predicted octanol–water partition coefficient (Wildman–Crippen LogP) is 1.93. The summed E-state index contributed by atoms with van der Waals surface area (Å²) in [7, 11) is -3.27. The number of rotatable bonds is 7. The Labute approximate surface area is 139 Å². The van der Waals surface area contributed by atoms with Crippen molar-refractivity contribution in [1.82, 2.24) is 9.62 Å². The van der Waals surface area contributed by atoms with E-state index in [1.54, 1.807) is 4.31 Å². The Kier molecular flexibility index (Phi) is 6.18. The average Bonchev–Trinajstić information content (AvgIpc) is 2.50. The molecule has 2 rings (SSSR count). The molecule has 0 saturated heterocycles. The molecule has 6 heteroatoms. The number of sulfonamides is 1. The van der Waals surface area contributed by atoms with E-state index >= 15 is 0 Å². The van der Waals surface area contributed by atoms with Crippen LogP contribution < -0.4 is 5.32 Å². The number of hydrogen-bond acceptors (Lipinski definition) is 3. The lowest BCUT2D eigenvalue weighted by molar-refractivity contribution is -0.121. The van der Waals surface area contributed by atoms with Gasteiger partial charge in [0.25, 0.3) is 0 Å². The largest absolute Gasteiger partial charge is 0.356 e. The summed E-state index contributed by atoms with van der Waals surface area (Å²) in [4.78, 5) is 11.5. The van der Waals surface area contributed by atoms with E-state index in [1.165, 1.54) is 5.56 Å². The van der Waals surface area contributed by atoms with Crippen LogP contribution in [0.25, 0.3) is 0 Å². The van der Waals surface area contributed by atoms with Crippen molar-refractivity contribution in [2.75, 3.05) is 18.8 Å². The second-order valence-electron chi connectivity index (χ2n) is 6.47. The van der Waals surface area contributed by atoms with Crippen molar-refractivity contribution in [3.05, 3.63) is 35.4 Å². The number of carbonyl (C=O) groups excluding carboxylic acids is 1. The molecule has 0 spiro atoms. The molecule has 0 aromatic heterocycles. The summed E-state index contributed by atoms with van der Waals surface area (Å²) in [5, 5.41) is 2.78. The second kappa shape index (κ2) is 7.93. The molecule has 0 unspecified atom stereocenters. The first kappa shape index (κ1) is 17.9. The van der Waals surface area contributed by atoms with Crippen molar-refractivity contribution >= 4 is 15.9 Å². The SMILES string of the molecule is CC(C)CC(=O)NCCCS(=O)(=O)N1CCc2ccccc2C1. The topological polar surface area (TPSA) is 66.5 Å². The van der Waals surface area contributed by atoms with Crippen LogP contribution in [-0.4, -0.2) is 37.5 Å². The third-order valence-electron chi connectivity index (χ3n) is 3.98. The molecule has 23 heavy (non-hydrogen) atoms. The maximum Gasteiger partial charge on any atom is 0.220 e. The zero-order valence-electron chi connectivity index (χ0n) is 13.9. The monoisotopic (exact) mass is 338 g/mol. The van der Waals surface area contributed by atoms with Crippen molar-refractivity contribution in [3.63, 3.8) is 0 Å². The molecule has 1 N–H and O–H groups in total. The normalized spacial score (nSPS) is 15.4. The molecule has 5 nitrogen and oxygen atoms in total. The fourth-order valence-corrected chi connectivity index (χ4v) is 4.23. The number of fused-ring (bicyclic) bond motifs is 1. The van der Waals surface area contributed by atoms with Gasteiger partial charge in [-0.3, -0.25) is 4.79 Å². The van der Waals surface area contributed by atoms with Crippen LogP contribution >= 0.6 is 0 Å². The van der Waals surface area contributed by atoms with Gasteiger partial charge in [-0.25, -0.2) is 8.42 Å². The molecular weight excluding hydrogens is 312 g/mol. The molecule has 0 saturated carbocycles. The number of benzene rings is 1. The standard InChI is InChI=1S/C17H26N2O3S/c1-14(2)12-17(20)18-9-5-11-23(21,22)19-10-8-15-6-3-4-7-16(15)13-19/h3-4,6-7,14H,5,8-13H2,1-2H3,(H,18,20). The first-order valence-electron chi connectivity index (χ1n) is 8.20. The highest BCUT2D eigenvalue weighted by Crippen LogP contribution is 2.21. The molecule has 0 aliphatic carbocycles. The predicted molar refractivity (Wildman–Crippen MR) is 91.4 cm³/mol. The van der Waals surface area contributed by atoms with Gasteiger partial charge in [-0.2, -0.15) is 4.31 Å². The molecule has 1 amide bonds. The van der Waals surface area contributed by atoms with E-state index in [9.17, 15) is 13.2 Å². The number of carbonyl (C=O) groups is 1. The number of nitrogens with zero attached hydrogens (tertiary/aromatic N) is 1. The van der Waals surface area contributed by atoms with Crippen LogP contribution in [-0.2, 0) is 27.8 Å². The zero-order chi connectivity index (χ0) is 16.9. The average molecular weight is 338 g/mol. The van der Waals surface area contributed by atoms with E-state index < -0.39 is 10.0 Å². The first-order chi connectivity index (χ1) is 10.9. The van der Waals surface area contributed by atoms with Crippen LogP contribution in [0.1, 0.15) is 37.8 Å². The van der Waals surface area contributed by atoms with Gasteiger partial charge in [0.2, 0.25) is 15.9 Å². The second-order valence-corrected chi connectivity index (χ2v) is 8.56. The fraction of sp³-hybridized carbons (Fsp3) is 0.588. The van der Waals surface area contributed by atoms with Crippen molar-refractivity contribution in [1.29, 1.82) is 0 Å². The highest BCUT2D eigenvalue weighted by molar-refractivity contribution is 7.89. The zero-order valence-corrected chi connectivity index (χ0v) is 14.7. The molecule has 1 aromatic carbocycles. The lowest BCUT2D eigenvalue weighted by Crippen LogP contribution is -2.38. The summed E-state index contributed by atoms with van der Waals surface area (Å²) < 4.78 is 26.4. The molecule has 1 aromatic rings. The lowest BCUT2D eigenvalue weighted by Gasteiger charge is -2.28. The van der Waals surface area contributed by atoms with Gasteiger partial charge < -0.3 is 5.32 Å². The van der Waals surface area contributed by atoms with E-state index in [4.69, 9.17) is 0 Å². The molecule has 0 bridgehead atoms. The van der Waals surface area contributed by atoms with Crippen molar-refractivity contribution in [2.45, 2.75) is 39.7 Å². The Bertz CT molecular complexity index is 641. The minimum absolute atomic E-state index is 0.00991. The third kappa shape index (κ3) is 5.32. The molecule has 0 atom stereocenters. The fourth-order valence-electron chi connectivity index (χ4n) is 2.76. The Morgan fingerprint density at radius 2 is 1.96 bits per heavy atom. The van der Waals surface area contributed by atoms with Crippen LogP contribution in [0.3, 0.4) is 0 Å². The van der Waals surface area contributed by atoms with Gasteiger partial charge in [0, 0.05) is 26.1 Å². The summed E-state index contributed by atoms with van der Waals surface area (Å²) >= 11 is 0. The number of hydrogen-bond donors (Lipinski definition) is 1. The van der Waals surface area contributed by atoms with E-state index in [2.05, 4.69) is 11.4 Å². The van der Waals surface area contributed by atoms with Gasteiger partial charge >= 0.3 is 0 Å². The molecule has 0 fully saturated rings. The number of amides is 1. The molecule has 128 valence electrons. The van der Waals surface area contributed by atoms with Gasteiger partial charge in [0.1, 0.15) is 0 Å². The maximum absolute atomic E-state index is 12.4. The van der Waals surface area contributed by atoms with Gasteiger partial charge in [-0.15, -0.1) is 0 Å². The molecule has 0 radical (unpaired) electrons. The molecule has 1 heterocycles. The molecule has 1 aliphatic heterocycles. The van der Waals surface area contributed by atoms with Crippen molar-refractivity contribution in [3.8, 4) is 0 Å². The summed E-state index contributed by atoms with van der Waals surface area (Å²) in [5.41, 5.74) is 2.33. The van der Waals surface area contributed by atoms with Crippen molar-refractivity contribution < 1.29 is 13.2 Å². The van der Waals surface area contributed by atoms with Gasteiger partial charge in [-0.1, -0.05) is 38.1 Å². The summed E-state index contributed by atoms with van der Waals surface area (Å²) in [6, 6.07) is 7.98. The summed E-state index contributed by atoms with van der Waals surface area (Å²) in [5.74, 6) is 0.383. The molecule has 1 aliphatic rings. The lowest BCUT2D eigenvalue weighted by atomic mass is 10.0. The Morgan fingerprint density at radius 3 is 2.65 bits per heavy atom. The Morgan fingerprint density at radius 1 is 1.26 bits per heavy atom. The minimum atomic E-state index is -3.27. The number of nitrogens with one attached hydrogen (secondary N) is 1.